The van der Waals surface area contributed by atoms with Crippen LogP contribution in [0.3, 0.4) is 0 Å². The Hall–Kier alpha value is -0.673. The molecule has 0 aromatic heterocycles. The molecule has 0 N–H and O–H groups in total. The molecule has 0 aromatic carbocycles. The standard InChI is InChI=1S/C17H30O4Si/c1-17(2,3)22(4,5)21-12-11-15(18)9-7-6-8-10-16-19-13-14-20-16/h16H,6,8,10-14H2,1-5H3. The van der Waals surface area contributed by atoms with Crippen LogP contribution < -0.4 is 0 Å². The second-order valence-corrected chi connectivity index (χ2v) is 12.0. The van der Waals surface area contributed by atoms with Crippen molar-refractivity contribution in [1.82, 2.24) is 0 Å². The summed E-state index contributed by atoms with van der Waals surface area (Å²) in [6, 6.07) is 0. The zero-order valence-electron chi connectivity index (χ0n) is 14.7. The van der Waals surface area contributed by atoms with E-state index in [2.05, 4.69) is 45.7 Å². The SMILES string of the molecule is CC(C)(C)[Si](C)(C)OCCC(=O)C#CCCCC1OCCO1. The lowest BCUT2D eigenvalue weighted by atomic mass is 10.2. The van der Waals surface area contributed by atoms with Crippen molar-refractivity contribution < 1.29 is 18.7 Å². The van der Waals surface area contributed by atoms with E-state index in [0.717, 1.165) is 12.8 Å². The lowest BCUT2D eigenvalue weighted by Gasteiger charge is -2.36. The molecular weight excluding hydrogens is 296 g/mol. The maximum atomic E-state index is 11.7. The summed E-state index contributed by atoms with van der Waals surface area (Å²) < 4.78 is 16.7. The Balaban J connectivity index is 2.14. The molecule has 1 heterocycles. The third-order valence-corrected chi connectivity index (χ3v) is 8.80. The molecule has 1 aliphatic rings. The number of ether oxygens (including phenoxy) is 2. The molecule has 0 spiro atoms. The van der Waals surface area contributed by atoms with Gasteiger partial charge >= 0.3 is 0 Å². The number of carbonyl (C=O) groups is 1. The van der Waals surface area contributed by atoms with Crippen LogP contribution in [0.1, 0.15) is 46.5 Å². The largest absolute Gasteiger partial charge is 0.416 e. The summed E-state index contributed by atoms with van der Waals surface area (Å²) in [6.07, 6.45) is 2.75. The number of Topliss-reactive ketones (excluding diaryl/α,β-unsaturated/α-hetero) is 1. The van der Waals surface area contributed by atoms with Crippen LogP contribution in [-0.2, 0) is 18.7 Å². The maximum Gasteiger partial charge on any atom is 0.207 e. The predicted molar refractivity (Wildman–Crippen MR) is 90.1 cm³/mol. The van der Waals surface area contributed by atoms with Gasteiger partial charge in [-0.2, -0.15) is 0 Å². The molecule has 1 saturated heterocycles. The summed E-state index contributed by atoms with van der Waals surface area (Å²) in [5.74, 6) is 5.59. The molecule has 1 aliphatic heterocycles. The molecule has 4 nitrogen and oxygen atoms in total. The predicted octanol–water partition coefficient (Wildman–Crippen LogP) is 3.51. The average molecular weight is 327 g/mol. The number of hydrogen-bond acceptors (Lipinski definition) is 4. The zero-order chi connectivity index (χ0) is 16.6. The van der Waals surface area contributed by atoms with Crippen LogP contribution in [0.5, 0.6) is 0 Å². The van der Waals surface area contributed by atoms with Crippen molar-refractivity contribution in [2.24, 2.45) is 0 Å². The topological polar surface area (TPSA) is 44.8 Å². The number of rotatable bonds is 7. The lowest BCUT2D eigenvalue weighted by Crippen LogP contribution is -2.41. The number of ketones is 1. The minimum atomic E-state index is -1.76. The molecule has 0 bridgehead atoms. The minimum Gasteiger partial charge on any atom is -0.416 e. The molecule has 1 rings (SSSR count). The van der Waals surface area contributed by atoms with Gasteiger partial charge in [-0.1, -0.05) is 26.7 Å². The summed E-state index contributed by atoms with van der Waals surface area (Å²) in [4.78, 5) is 11.7. The monoisotopic (exact) mass is 326 g/mol. The summed E-state index contributed by atoms with van der Waals surface area (Å²) in [5.41, 5.74) is 0. The summed E-state index contributed by atoms with van der Waals surface area (Å²) in [6.45, 7) is 12.8. The highest BCUT2D eigenvalue weighted by atomic mass is 28.4. The molecule has 0 atom stereocenters. The van der Waals surface area contributed by atoms with Crippen molar-refractivity contribution in [3.05, 3.63) is 0 Å². The van der Waals surface area contributed by atoms with Gasteiger partial charge in [-0.3, -0.25) is 4.79 Å². The molecule has 5 heteroatoms. The Bertz CT molecular complexity index is 409. The van der Waals surface area contributed by atoms with Gasteiger partial charge in [0.1, 0.15) is 0 Å². The molecule has 0 aromatic rings. The fourth-order valence-corrected chi connectivity index (χ4v) is 2.82. The number of carbonyl (C=O) groups excluding carboxylic acids is 1. The highest BCUT2D eigenvalue weighted by Gasteiger charge is 2.36. The van der Waals surface area contributed by atoms with Crippen molar-refractivity contribution in [1.29, 1.82) is 0 Å². The van der Waals surface area contributed by atoms with E-state index in [0.29, 0.717) is 32.7 Å². The molecular formula is C17H30O4Si. The van der Waals surface area contributed by atoms with E-state index in [1.54, 1.807) is 0 Å². The smallest absolute Gasteiger partial charge is 0.207 e. The first-order valence-corrected chi connectivity index (χ1v) is 11.0. The van der Waals surface area contributed by atoms with Crippen LogP contribution in [0.4, 0.5) is 0 Å². The first kappa shape index (κ1) is 19.4. The van der Waals surface area contributed by atoms with E-state index in [-0.39, 0.29) is 17.1 Å². The van der Waals surface area contributed by atoms with E-state index >= 15 is 0 Å². The summed E-state index contributed by atoms with van der Waals surface area (Å²) in [5, 5.41) is 0.173. The van der Waals surface area contributed by atoms with Crippen molar-refractivity contribution in [2.75, 3.05) is 19.8 Å². The van der Waals surface area contributed by atoms with E-state index in [9.17, 15) is 4.79 Å². The molecule has 0 unspecified atom stereocenters. The summed E-state index contributed by atoms with van der Waals surface area (Å²) >= 11 is 0. The number of unbranched alkanes of at least 4 members (excludes halogenated alkanes) is 1. The van der Waals surface area contributed by atoms with Gasteiger partial charge in [0.15, 0.2) is 14.6 Å². The zero-order valence-corrected chi connectivity index (χ0v) is 15.7. The fraction of sp³-hybridized carbons (Fsp3) is 0.824. The van der Waals surface area contributed by atoms with Crippen molar-refractivity contribution in [3.8, 4) is 11.8 Å². The summed E-state index contributed by atoms with van der Waals surface area (Å²) in [7, 11) is -1.76. The molecule has 0 saturated carbocycles. The van der Waals surface area contributed by atoms with Gasteiger partial charge in [0.05, 0.1) is 13.2 Å². The Morgan fingerprint density at radius 2 is 1.91 bits per heavy atom. The molecule has 1 fully saturated rings. The van der Waals surface area contributed by atoms with Crippen LogP contribution in [0.2, 0.25) is 18.1 Å². The van der Waals surface area contributed by atoms with Gasteiger partial charge in [-0.05, 0) is 36.9 Å². The lowest BCUT2D eigenvalue weighted by molar-refractivity contribution is -0.114. The Morgan fingerprint density at radius 3 is 2.50 bits per heavy atom. The van der Waals surface area contributed by atoms with Crippen molar-refractivity contribution in [2.45, 2.75) is 70.9 Å². The minimum absolute atomic E-state index is 0.0351. The first-order chi connectivity index (χ1) is 10.2. The third-order valence-electron chi connectivity index (χ3n) is 4.26. The van der Waals surface area contributed by atoms with Crippen LogP contribution >= 0.6 is 0 Å². The van der Waals surface area contributed by atoms with Gasteiger partial charge in [0.25, 0.3) is 0 Å². The maximum absolute atomic E-state index is 11.7. The van der Waals surface area contributed by atoms with Crippen LogP contribution in [0.15, 0.2) is 0 Å². The van der Waals surface area contributed by atoms with Gasteiger partial charge in [0.2, 0.25) is 5.78 Å². The second-order valence-electron chi connectivity index (χ2n) is 7.15. The van der Waals surface area contributed by atoms with Crippen molar-refractivity contribution >= 4 is 14.1 Å². The van der Waals surface area contributed by atoms with Gasteiger partial charge in [-0.25, -0.2) is 0 Å². The van der Waals surface area contributed by atoms with Gasteiger partial charge in [0, 0.05) is 19.4 Å². The van der Waals surface area contributed by atoms with E-state index in [1.165, 1.54) is 0 Å². The normalized spacial score (nSPS) is 16.4. The van der Waals surface area contributed by atoms with E-state index in [4.69, 9.17) is 13.9 Å². The Kier molecular flexibility index (Phi) is 7.77. The third kappa shape index (κ3) is 7.06. The van der Waals surface area contributed by atoms with Crippen LogP contribution in [-0.4, -0.2) is 40.2 Å². The first-order valence-electron chi connectivity index (χ1n) is 8.11. The fourth-order valence-electron chi connectivity index (χ4n) is 1.77. The molecule has 0 radical (unpaired) electrons. The second kappa shape index (κ2) is 8.83. The molecule has 126 valence electrons. The van der Waals surface area contributed by atoms with Crippen LogP contribution in [0, 0.1) is 11.8 Å². The Labute approximate surface area is 136 Å². The van der Waals surface area contributed by atoms with E-state index < -0.39 is 8.32 Å². The van der Waals surface area contributed by atoms with Crippen LogP contribution in [0.25, 0.3) is 0 Å². The molecule has 0 amide bonds. The Morgan fingerprint density at radius 1 is 1.27 bits per heavy atom. The highest BCUT2D eigenvalue weighted by Crippen LogP contribution is 2.36. The van der Waals surface area contributed by atoms with Crippen molar-refractivity contribution in [3.63, 3.8) is 0 Å². The van der Waals surface area contributed by atoms with E-state index in [1.807, 2.05) is 0 Å². The van der Waals surface area contributed by atoms with Gasteiger partial charge < -0.3 is 13.9 Å². The average Bonchev–Trinajstić information content (AvgIpc) is 2.90. The quantitative estimate of drug-likeness (QED) is 0.311. The number of hydrogen-bond donors (Lipinski definition) is 0. The molecule has 0 aliphatic carbocycles. The highest BCUT2D eigenvalue weighted by molar-refractivity contribution is 6.74. The van der Waals surface area contributed by atoms with Gasteiger partial charge in [-0.15, -0.1) is 0 Å². The molecule has 22 heavy (non-hydrogen) atoms.